The van der Waals surface area contributed by atoms with Crippen LogP contribution in [0.15, 0.2) is 0 Å². The molecule has 0 amide bonds. The molecule has 0 heterocycles. The maximum Gasteiger partial charge on any atom is 2.00 e. The van der Waals surface area contributed by atoms with Gasteiger partial charge >= 0.3 is 17.1 Å². The third-order valence-corrected chi connectivity index (χ3v) is 1.92. The van der Waals surface area contributed by atoms with E-state index in [9.17, 15) is 10.2 Å². The number of hydrogen-bond acceptors (Lipinski definition) is 4. The minimum absolute atomic E-state index is 0. The van der Waals surface area contributed by atoms with Crippen molar-refractivity contribution < 1.29 is 27.3 Å². The van der Waals surface area contributed by atoms with Gasteiger partial charge in [-0.25, -0.2) is 0 Å². The standard InChI is InChI=1S/2C6H14NO.Cu/c2*1-6(5-8)4-7(2)3;/h2*6H,4-5H2,1-3H3;/q2*-1;+2. The Morgan fingerprint density at radius 3 is 1.06 bits per heavy atom. The molecule has 17 heavy (non-hydrogen) atoms. The molecule has 0 aliphatic heterocycles. The Morgan fingerprint density at radius 2 is 1.00 bits per heavy atom. The zero-order valence-electron chi connectivity index (χ0n) is 12.0. The molecule has 0 aliphatic rings. The number of rotatable bonds is 6. The molecule has 0 aromatic heterocycles. The largest absolute Gasteiger partial charge is 2.00 e. The molecule has 0 spiro atoms. The normalized spacial score (nSPS) is 13.8. The third-order valence-electron chi connectivity index (χ3n) is 1.92. The predicted molar refractivity (Wildman–Crippen MR) is 65.2 cm³/mol. The molecule has 0 bridgehead atoms. The van der Waals surface area contributed by atoms with Crippen molar-refractivity contribution in [1.82, 2.24) is 9.80 Å². The van der Waals surface area contributed by atoms with Crippen molar-refractivity contribution in [2.75, 3.05) is 54.5 Å². The molecule has 2 atom stereocenters. The Morgan fingerprint density at radius 1 is 0.765 bits per heavy atom. The van der Waals surface area contributed by atoms with Crippen LogP contribution in [0.5, 0.6) is 0 Å². The van der Waals surface area contributed by atoms with Gasteiger partial charge in [-0.3, -0.25) is 0 Å². The molecule has 0 aliphatic carbocycles. The summed E-state index contributed by atoms with van der Waals surface area (Å²) < 4.78 is 0. The summed E-state index contributed by atoms with van der Waals surface area (Å²) in [7, 11) is 7.91. The molecule has 0 aromatic carbocycles. The van der Waals surface area contributed by atoms with E-state index in [-0.39, 0.29) is 30.3 Å². The second-order valence-electron chi connectivity index (χ2n) is 5.07. The van der Waals surface area contributed by atoms with Gasteiger partial charge in [-0.05, 0) is 53.1 Å². The van der Waals surface area contributed by atoms with Gasteiger partial charge in [-0.2, -0.15) is 0 Å². The zero-order valence-corrected chi connectivity index (χ0v) is 12.9. The van der Waals surface area contributed by atoms with Crippen molar-refractivity contribution >= 4 is 0 Å². The quantitative estimate of drug-likeness (QED) is 0.595. The average molecular weight is 296 g/mol. The molecular formula is C12H28CuN2O2. The summed E-state index contributed by atoms with van der Waals surface area (Å²) in [5.41, 5.74) is 0. The van der Waals surface area contributed by atoms with Crippen molar-refractivity contribution in [3.63, 3.8) is 0 Å². The van der Waals surface area contributed by atoms with Gasteiger partial charge in [-0.15, -0.1) is 13.2 Å². The van der Waals surface area contributed by atoms with Crippen LogP contribution in [0.2, 0.25) is 0 Å². The summed E-state index contributed by atoms with van der Waals surface area (Å²) in [5.74, 6) is 0.593. The summed E-state index contributed by atoms with van der Waals surface area (Å²) in [4.78, 5) is 4.06. The molecular weight excluding hydrogens is 268 g/mol. The van der Waals surface area contributed by atoms with Crippen LogP contribution in [0, 0.1) is 11.8 Å². The van der Waals surface area contributed by atoms with Crippen LogP contribution in [-0.4, -0.2) is 64.3 Å². The van der Waals surface area contributed by atoms with Crippen LogP contribution >= 0.6 is 0 Å². The van der Waals surface area contributed by atoms with Crippen LogP contribution < -0.4 is 10.2 Å². The van der Waals surface area contributed by atoms with Gasteiger partial charge in [-0.1, -0.05) is 13.8 Å². The topological polar surface area (TPSA) is 52.6 Å². The minimum atomic E-state index is 0. The Hall–Kier alpha value is 0.359. The monoisotopic (exact) mass is 295 g/mol. The van der Waals surface area contributed by atoms with Crippen molar-refractivity contribution in [2.45, 2.75) is 13.8 Å². The van der Waals surface area contributed by atoms with Crippen LogP contribution in [-0.2, 0) is 17.1 Å². The zero-order chi connectivity index (χ0) is 13.1. The van der Waals surface area contributed by atoms with Crippen molar-refractivity contribution in [3.8, 4) is 0 Å². The first-order valence-electron chi connectivity index (χ1n) is 5.79. The Kier molecular flexibility index (Phi) is 19.1. The maximum absolute atomic E-state index is 10.1. The summed E-state index contributed by atoms with van der Waals surface area (Å²) in [6, 6.07) is 0. The van der Waals surface area contributed by atoms with Gasteiger partial charge in [0, 0.05) is 0 Å². The third kappa shape index (κ3) is 22.1. The van der Waals surface area contributed by atoms with E-state index in [4.69, 9.17) is 0 Å². The molecule has 109 valence electrons. The van der Waals surface area contributed by atoms with Gasteiger partial charge < -0.3 is 20.0 Å². The van der Waals surface area contributed by atoms with Gasteiger partial charge in [0.25, 0.3) is 0 Å². The summed E-state index contributed by atoms with van der Waals surface area (Å²) >= 11 is 0. The maximum atomic E-state index is 10.1. The van der Waals surface area contributed by atoms with E-state index in [0.717, 1.165) is 13.1 Å². The molecule has 2 unspecified atom stereocenters. The van der Waals surface area contributed by atoms with Crippen molar-refractivity contribution in [3.05, 3.63) is 0 Å². The summed E-state index contributed by atoms with van der Waals surface area (Å²) in [5, 5.41) is 20.3. The molecule has 0 saturated heterocycles. The Balaban J connectivity index is -0.000000218. The van der Waals surface area contributed by atoms with Crippen molar-refractivity contribution in [1.29, 1.82) is 0 Å². The van der Waals surface area contributed by atoms with Crippen LogP contribution in [0.4, 0.5) is 0 Å². The van der Waals surface area contributed by atoms with E-state index < -0.39 is 0 Å². The molecule has 0 rings (SSSR count). The van der Waals surface area contributed by atoms with Crippen LogP contribution in [0.1, 0.15) is 13.8 Å². The SMILES string of the molecule is CC(C[O-])CN(C)C.CC(C[O-])CN(C)C.[Cu+2]. The minimum Gasteiger partial charge on any atom is -0.854 e. The second-order valence-corrected chi connectivity index (χ2v) is 5.07. The first-order chi connectivity index (χ1) is 7.33. The van der Waals surface area contributed by atoms with Gasteiger partial charge in [0.2, 0.25) is 0 Å². The summed E-state index contributed by atoms with van der Waals surface area (Å²) in [6.45, 7) is 5.82. The molecule has 0 fully saturated rings. The van der Waals surface area contributed by atoms with Gasteiger partial charge in [0.05, 0.1) is 0 Å². The van der Waals surface area contributed by atoms with E-state index in [1.165, 1.54) is 0 Å². The first kappa shape index (κ1) is 22.5. The smallest absolute Gasteiger partial charge is 0.854 e. The fourth-order valence-corrected chi connectivity index (χ4v) is 1.35. The average Bonchev–Trinajstić information content (AvgIpc) is 2.16. The second kappa shape index (κ2) is 14.4. The van der Waals surface area contributed by atoms with E-state index in [1.807, 2.05) is 51.8 Å². The van der Waals surface area contributed by atoms with E-state index in [0.29, 0.717) is 11.8 Å². The molecule has 5 heteroatoms. The van der Waals surface area contributed by atoms with E-state index >= 15 is 0 Å². The molecule has 0 N–H and O–H groups in total. The van der Waals surface area contributed by atoms with Gasteiger partial charge in [0.15, 0.2) is 0 Å². The van der Waals surface area contributed by atoms with E-state index in [1.54, 1.807) is 0 Å². The summed E-state index contributed by atoms with van der Waals surface area (Å²) in [6.07, 6.45) is 0. The Bertz CT molecular complexity index is 130. The predicted octanol–water partition coefficient (Wildman–Crippen LogP) is -0.914. The first-order valence-corrected chi connectivity index (χ1v) is 5.79. The molecule has 0 aromatic rings. The van der Waals surface area contributed by atoms with Crippen molar-refractivity contribution in [2.24, 2.45) is 11.8 Å². The number of nitrogens with zero attached hydrogens (tertiary/aromatic N) is 2. The van der Waals surface area contributed by atoms with E-state index in [2.05, 4.69) is 0 Å². The Labute approximate surface area is 117 Å². The van der Waals surface area contributed by atoms with Gasteiger partial charge in [0.1, 0.15) is 0 Å². The molecule has 0 saturated carbocycles. The fraction of sp³-hybridized carbons (Fsp3) is 1.00. The molecule has 1 radical (unpaired) electrons. The molecule has 4 nitrogen and oxygen atoms in total. The number of hydrogen-bond donors (Lipinski definition) is 0. The fourth-order valence-electron chi connectivity index (χ4n) is 1.35. The van der Waals surface area contributed by atoms with Crippen LogP contribution in [0.25, 0.3) is 0 Å². The van der Waals surface area contributed by atoms with Crippen LogP contribution in [0.3, 0.4) is 0 Å².